The summed E-state index contributed by atoms with van der Waals surface area (Å²) in [7, 11) is 0. The Kier molecular flexibility index (Phi) is 5.61. The normalized spacial score (nSPS) is 24.2. The van der Waals surface area contributed by atoms with Crippen molar-refractivity contribution in [3.05, 3.63) is 59.7 Å². The van der Waals surface area contributed by atoms with Crippen LogP contribution in [0.4, 0.5) is 4.79 Å². The van der Waals surface area contributed by atoms with Gasteiger partial charge in [0.05, 0.1) is 5.41 Å². The van der Waals surface area contributed by atoms with Crippen LogP contribution in [0.3, 0.4) is 0 Å². The van der Waals surface area contributed by atoms with E-state index in [4.69, 9.17) is 4.74 Å². The van der Waals surface area contributed by atoms with Gasteiger partial charge in [-0.1, -0.05) is 48.5 Å². The Hall–Kier alpha value is -3.35. The van der Waals surface area contributed by atoms with E-state index < -0.39 is 23.0 Å². The number of amides is 2. The minimum atomic E-state index is -1.02. The minimum absolute atomic E-state index is 0.00517. The van der Waals surface area contributed by atoms with Gasteiger partial charge in [-0.2, -0.15) is 0 Å². The van der Waals surface area contributed by atoms with Crippen LogP contribution in [0.25, 0.3) is 11.1 Å². The van der Waals surface area contributed by atoms with Gasteiger partial charge < -0.3 is 20.1 Å². The van der Waals surface area contributed by atoms with E-state index in [9.17, 15) is 19.5 Å². The second-order valence-corrected chi connectivity index (χ2v) is 11.1. The molecule has 2 saturated carbocycles. The highest BCUT2D eigenvalue weighted by atomic mass is 16.5. The average molecular weight is 477 g/mol. The fourth-order valence-corrected chi connectivity index (χ4v) is 6.09. The average Bonchev–Trinajstić information content (AvgIpc) is 3.23. The molecule has 2 amide bonds. The molecule has 35 heavy (non-hydrogen) atoms. The van der Waals surface area contributed by atoms with Gasteiger partial charge in [-0.25, -0.2) is 4.79 Å². The summed E-state index contributed by atoms with van der Waals surface area (Å²) in [6.07, 6.45) is 1.51. The third kappa shape index (κ3) is 4.17. The van der Waals surface area contributed by atoms with Gasteiger partial charge >= 0.3 is 12.1 Å². The molecule has 3 aliphatic carbocycles. The predicted molar refractivity (Wildman–Crippen MR) is 131 cm³/mol. The molecule has 0 bridgehead atoms. The SMILES string of the molecule is CC(C)(C)N(CC(=O)O)C(=O)[C@@]12C[C@@H](NC(=O)OCC3c4ccccc4-c4ccccc43)C[C@@H]1C2. The number of carbonyl (C=O) groups excluding carboxylic acids is 2. The van der Waals surface area contributed by atoms with Crippen LogP contribution < -0.4 is 5.32 Å². The Morgan fingerprint density at radius 1 is 1.03 bits per heavy atom. The molecular weight excluding hydrogens is 444 g/mol. The van der Waals surface area contributed by atoms with Gasteiger partial charge in [0.15, 0.2) is 0 Å². The van der Waals surface area contributed by atoms with Crippen molar-refractivity contribution in [1.82, 2.24) is 10.2 Å². The number of hydrogen-bond acceptors (Lipinski definition) is 4. The van der Waals surface area contributed by atoms with Gasteiger partial charge in [0.25, 0.3) is 0 Å². The maximum absolute atomic E-state index is 13.4. The van der Waals surface area contributed by atoms with Gasteiger partial charge in [0.1, 0.15) is 13.2 Å². The fraction of sp³-hybridized carbons (Fsp3) is 0.464. The Balaban J connectivity index is 1.21. The molecule has 0 unspecified atom stereocenters. The third-order valence-electron chi connectivity index (χ3n) is 7.85. The molecule has 2 fully saturated rings. The Morgan fingerprint density at radius 3 is 2.20 bits per heavy atom. The summed E-state index contributed by atoms with van der Waals surface area (Å²) < 4.78 is 5.68. The van der Waals surface area contributed by atoms with E-state index in [1.54, 1.807) is 0 Å². The van der Waals surface area contributed by atoms with Gasteiger partial charge in [0, 0.05) is 17.5 Å². The highest BCUT2D eigenvalue weighted by Crippen LogP contribution is 2.64. The number of nitrogens with zero attached hydrogens (tertiary/aromatic N) is 1. The molecular formula is C28H32N2O5. The topological polar surface area (TPSA) is 95.9 Å². The molecule has 3 atom stereocenters. The molecule has 0 heterocycles. The van der Waals surface area contributed by atoms with E-state index in [2.05, 4.69) is 29.6 Å². The van der Waals surface area contributed by atoms with E-state index in [0.717, 1.165) is 17.5 Å². The molecule has 3 aliphatic rings. The highest BCUT2D eigenvalue weighted by molar-refractivity contribution is 5.90. The number of ether oxygens (including phenoxy) is 1. The molecule has 2 aromatic carbocycles. The van der Waals surface area contributed by atoms with Crippen molar-refractivity contribution in [2.75, 3.05) is 13.2 Å². The van der Waals surface area contributed by atoms with Gasteiger partial charge in [-0.05, 0) is 68.2 Å². The molecule has 0 spiro atoms. The summed E-state index contributed by atoms with van der Waals surface area (Å²) in [6.45, 7) is 5.48. The number of alkyl carbamates (subject to hydrolysis) is 1. The standard InChI is InChI=1S/C28H32N2O5/c1-27(2,3)30(15-24(31)32)25(33)28-13-17(28)12-18(14-28)29-26(34)35-16-23-21-10-6-4-8-19(21)20-9-5-7-11-22(20)23/h4-11,17-18,23H,12-16H2,1-3H3,(H,29,34)(H,31,32)/t17-,18+,28+/m1/s1. The lowest BCUT2D eigenvalue weighted by Crippen LogP contribution is -2.51. The van der Waals surface area contributed by atoms with Crippen molar-refractivity contribution in [1.29, 1.82) is 0 Å². The Morgan fingerprint density at radius 2 is 1.63 bits per heavy atom. The number of rotatable bonds is 6. The number of fused-ring (bicyclic) bond motifs is 4. The molecule has 0 radical (unpaired) electrons. The summed E-state index contributed by atoms with van der Waals surface area (Å²) in [5.41, 5.74) is 3.53. The van der Waals surface area contributed by atoms with Crippen molar-refractivity contribution in [3.63, 3.8) is 0 Å². The number of aliphatic carboxylic acids is 1. The number of hydrogen-bond donors (Lipinski definition) is 2. The first kappa shape index (κ1) is 23.4. The van der Waals surface area contributed by atoms with Crippen molar-refractivity contribution in [2.45, 2.75) is 57.5 Å². The zero-order chi connectivity index (χ0) is 25.0. The number of carboxylic acids is 1. The lowest BCUT2D eigenvalue weighted by molar-refractivity contribution is -0.151. The second-order valence-electron chi connectivity index (χ2n) is 11.1. The maximum Gasteiger partial charge on any atom is 0.407 e. The number of carboxylic acid groups (broad SMARTS) is 1. The van der Waals surface area contributed by atoms with Crippen LogP contribution in [-0.2, 0) is 14.3 Å². The van der Waals surface area contributed by atoms with Crippen molar-refractivity contribution >= 4 is 18.0 Å². The zero-order valence-corrected chi connectivity index (χ0v) is 20.4. The molecule has 2 aromatic rings. The summed E-state index contributed by atoms with van der Waals surface area (Å²) >= 11 is 0. The van der Waals surface area contributed by atoms with Crippen molar-refractivity contribution < 1.29 is 24.2 Å². The second kappa shape index (κ2) is 8.40. The quantitative estimate of drug-likeness (QED) is 0.644. The molecule has 5 rings (SSSR count). The number of nitrogens with one attached hydrogen (secondary N) is 1. The number of carbonyl (C=O) groups is 3. The summed E-state index contributed by atoms with van der Waals surface area (Å²) in [5.74, 6) is -0.968. The summed E-state index contributed by atoms with van der Waals surface area (Å²) in [5, 5.41) is 12.3. The van der Waals surface area contributed by atoms with Crippen LogP contribution in [0.1, 0.15) is 57.1 Å². The first-order valence-electron chi connectivity index (χ1n) is 12.3. The van der Waals surface area contributed by atoms with E-state index in [1.165, 1.54) is 16.0 Å². The van der Waals surface area contributed by atoms with Crippen LogP contribution in [0, 0.1) is 11.3 Å². The maximum atomic E-state index is 13.4. The van der Waals surface area contributed by atoms with E-state index in [-0.39, 0.29) is 36.9 Å². The Labute approximate surface area is 205 Å². The largest absolute Gasteiger partial charge is 0.480 e. The lowest BCUT2D eigenvalue weighted by atomic mass is 9.96. The van der Waals surface area contributed by atoms with Gasteiger partial charge in [-0.15, -0.1) is 0 Å². The van der Waals surface area contributed by atoms with E-state index >= 15 is 0 Å². The van der Waals surface area contributed by atoms with Crippen LogP contribution >= 0.6 is 0 Å². The molecule has 2 N–H and O–H groups in total. The van der Waals surface area contributed by atoms with Crippen molar-refractivity contribution in [2.24, 2.45) is 11.3 Å². The Bertz CT molecular complexity index is 1140. The predicted octanol–water partition coefficient (Wildman–Crippen LogP) is 4.41. The molecule has 7 nitrogen and oxygen atoms in total. The van der Waals surface area contributed by atoms with E-state index in [0.29, 0.717) is 12.8 Å². The van der Waals surface area contributed by atoms with Crippen LogP contribution in [0.5, 0.6) is 0 Å². The molecule has 0 aliphatic heterocycles. The minimum Gasteiger partial charge on any atom is -0.480 e. The zero-order valence-electron chi connectivity index (χ0n) is 20.4. The lowest BCUT2D eigenvalue weighted by Gasteiger charge is -2.37. The first-order valence-corrected chi connectivity index (χ1v) is 12.3. The molecule has 0 saturated heterocycles. The molecule has 0 aromatic heterocycles. The smallest absolute Gasteiger partial charge is 0.407 e. The van der Waals surface area contributed by atoms with Crippen LogP contribution in [0.2, 0.25) is 0 Å². The van der Waals surface area contributed by atoms with Crippen LogP contribution in [0.15, 0.2) is 48.5 Å². The monoisotopic (exact) mass is 476 g/mol. The highest BCUT2D eigenvalue weighted by Gasteiger charge is 2.66. The fourth-order valence-electron chi connectivity index (χ4n) is 6.09. The molecule has 184 valence electrons. The molecule has 7 heteroatoms. The van der Waals surface area contributed by atoms with Crippen molar-refractivity contribution in [3.8, 4) is 11.1 Å². The van der Waals surface area contributed by atoms with Gasteiger partial charge in [0.2, 0.25) is 5.91 Å². The number of benzene rings is 2. The third-order valence-corrected chi connectivity index (χ3v) is 7.85. The van der Waals surface area contributed by atoms with E-state index in [1.807, 2.05) is 45.0 Å². The summed E-state index contributed by atoms with van der Waals surface area (Å²) in [6, 6.07) is 16.3. The van der Waals surface area contributed by atoms with Crippen LogP contribution in [-0.4, -0.2) is 52.7 Å². The van der Waals surface area contributed by atoms with Gasteiger partial charge in [-0.3, -0.25) is 9.59 Å². The summed E-state index contributed by atoms with van der Waals surface area (Å²) in [4.78, 5) is 38.9. The first-order chi connectivity index (χ1) is 16.6.